The molecule has 0 unspecified atom stereocenters. The van der Waals surface area contributed by atoms with Crippen molar-refractivity contribution in [3.8, 4) is 0 Å². The summed E-state index contributed by atoms with van der Waals surface area (Å²) in [7, 11) is 0. The van der Waals surface area contributed by atoms with Crippen LogP contribution in [0.3, 0.4) is 0 Å². The number of halogens is 1. The Kier molecular flexibility index (Phi) is 8.41. The van der Waals surface area contributed by atoms with Crippen LogP contribution in [0.5, 0.6) is 0 Å². The lowest BCUT2D eigenvalue weighted by Crippen LogP contribution is -2.72. The zero-order valence-electron chi connectivity index (χ0n) is 30.6. The van der Waals surface area contributed by atoms with Crippen LogP contribution in [0.25, 0.3) is 0 Å². The average Bonchev–Trinajstić information content (AvgIpc) is 3.46. The van der Waals surface area contributed by atoms with Gasteiger partial charge in [-0.15, -0.1) is 0 Å². The summed E-state index contributed by atoms with van der Waals surface area (Å²) in [6.45, 7) is 12.8. The Morgan fingerprint density at radius 1 is 0.804 bits per heavy atom. The number of carbonyl (C=O) groups is 1. The highest BCUT2D eigenvalue weighted by molar-refractivity contribution is 5.84. The predicted octanol–water partition coefficient (Wildman–Crippen LogP) is 7.63. The molecule has 0 aromatic heterocycles. The Labute approximate surface area is 299 Å². The lowest BCUT2D eigenvalue weighted by molar-refractivity contribution is -0.573. The Balaban J connectivity index is 1.05. The minimum absolute atomic E-state index is 0.0363. The number of anilines is 1. The van der Waals surface area contributed by atoms with Crippen molar-refractivity contribution < 1.29 is 52.4 Å². The van der Waals surface area contributed by atoms with Crippen LogP contribution >= 0.6 is 0 Å². The van der Waals surface area contributed by atoms with Crippen LogP contribution in [-0.4, -0.2) is 59.8 Å². The van der Waals surface area contributed by atoms with Crippen molar-refractivity contribution in [2.75, 3.05) is 5.32 Å². The van der Waals surface area contributed by atoms with E-state index in [1.807, 2.05) is 13.8 Å². The highest BCUT2D eigenvalue weighted by Gasteiger charge is 2.72. The SMILES string of the molecule is C[C@H]1[C@@H]([C@H](C[C@H]2O[C@@H]3O[C@@]4(C)CC[C@H]5[C@H](C)CC[C@@H]([C@H]2C)[C@@]35OO4)OC(=O)Nc2cccc(F)c2)O[C@@H]2O[C@@]3(C)CC[C@H]4[C@H](C)CC[C@@H]1[C@@]24OO3. The lowest BCUT2D eigenvalue weighted by Gasteiger charge is -2.62. The molecule has 8 aliphatic heterocycles. The van der Waals surface area contributed by atoms with Gasteiger partial charge in [-0.1, -0.05) is 33.8 Å². The van der Waals surface area contributed by atoms with Gasteiger partial charge in [0.2, 0.25) is 11.6 Å². The second kappa shape index (κ2) is 12.3. The highest BCUT2D eigenvalue weighted by atomic mass is 19.1. The van der Waals surface area contributed by atoms with E-state index in [0.717, 1.165) is 44.9 Å². The van der Waals surface area contributed by atoms with E-state index in [9.17, 15) is 9.18 Å². The van der Waals surface area contributed by atoms with Crippen molar-refractivity contribution in [2.45, 2.75) is 153 Å². The van der Waals surface area contributed by atoms with E-state index in [2.05, 4.69) is 33.0 Å². The number of rotatable bonds is 5. The molecule has 1 N–H and O–H groups in total. The van der Waals surface area contributed by atoms with E-state index >= 15 is 0 Å². The molecule has 1 amide bonds. The maximum atomic E-state index is 14.1. The number of amides is 1. The van der Waals surface area contributed by atoms with Gasteiger partial charge in [-0.25, -0.2) is 28.7 Å². The maximum absolute atomic E-state index is 14.1. The molecule has 2 saturated carbocycles. The molecule has 1 aromatic rings. The molecular weight excluding hydrogens is 661 g/mol. The number of nitrogens with one attached hydrogen (secondary N) is 1. The number of ether oxygens (including phenoxy) is 5. The highest BCUT2D eigenvalue weighted by Crippen LogP contribution is 2.63. The molecule has 4 bridgehead atoms. The third-order valence-corrected chi connectivity index (χ3v) is 14.7. The molecule has 12 heteroatoms. The number of hydrogen-bond donors (Lipinski definition) is 1. The zero-order chi connectivity index (χ0) is 35.5. The minimum Gasteiger partial charge on any atom is -0.443 e. The Morgan fingerprint density at radius 3 is 2.00 bits per heavy atom. The smallest absolute Gasteiger partial charge is 0.411 e. The van der Waals surface area contributed by atoms with Crippen molar-refractivity contribution in [1.29, 1.82) is 0 Å². The summed E-state index contributed by atoms with van der Waals surface area (Å²) in [5.74, 6) is -0.866. The van der Waals surface area contributed by atoms with Crippen molar-refractivity contribution in [3.63, 3.8) is 0 Å². The second-order valence-corrected chi connectivity index (χ2v) is 17.6. The predicted molar refractivity (Wildman–Crippen MR) is 179 cm³/mol. The van der Waals surface area contributed by atoms with Crippen LogP contribution in [0.4, 0.5) is 14.9 Å². The first-order chi connectivity index (χ1) is 24.3. The van der Waals surface area contributed by atoms with Gasteiger partial charge in [0.25, 0.3) is 0 Å². The van der Waals surface area contributed by atoms with Gasteiger partial charge < -0.3 is 23.7 Å². The van der Waals surface area contributed by atoms with Gasteiger partial charge in [-0.3, -0.25) is 5.32 Å². The molecule has 51 heavy (non-hydrogen) atoms. The summed E-state index contributed by atoms with van der Waals surface area (Å²) in [5.41, 5.74) is -1.15. The van der Waals surface area contributed by atoms with Gasteiger partial charge in [0.15, 0.2) is 23.8 Å². The van der Waals surface area contributed by atoms with E-state index < -0.39 is 59.5 Å². The summed E-state index contributed by atoms with van der Waals surface area (Å²) in [5, 5.41) is 2.75. The van der Waals surface area contributed by atoms with E-state index in [1.54, 1.807) is 12.1 Å². The van der Waals surface area contributed by atoms with Crippen molar-refractivity contribution in [2.24, 2.45) is 47.3 Å². The molecule has 17 atom stereocenters. The number of carbonyl (C=O) groups excluding carboxylic acids is 1. The largest absolute Gasteiger partial charge is 0.443 e. The fourth-order valence-corrected chi connectivity index (χ4v) is 11.9. The topological polar surface area (TPSA) is 112 Å². The molecule has 0 radical (unpaired) electrons. The number of benzene rings is 1. The standard InChI is InChI=1S/C39H54FNO10/c1-20-10-12-28-22(3)30(43-33-38(28)26(20)14-16-36(5,46-33)48-50-38)19-31(44-35(42)41-25-9-7-8-24(40)18-25)32-23(4)29-13-11-21(2)27-15-17-37(6)47-34(45-32)39(27,29)51-49-37/h7-9,18,20-23,26-34H,10-17,19H2,1-6H3,(H,41,42)/t20-,21-,22-,23-,26+,27+,28+,29+,30-,31+,32+,33-,34-,36-,37-,38-,39-/m1/s1. The molecule has 1 aromatic carbocycles. The fraction of sp³-hybridized carbons (Fsp3) is 0.821. The van der Waals surface area contributed by atoms with Crippen molar-refractivity contribution in [3.05, 3.63) is 30.1 Å². The zero-order valence-corrected chi connectivity index (χ0v) is 30.6. The first-order valence-corrected chi connectivity index (χ1v) is 19.5. The third-order valence-electron chi connectivity index (χ3n) is 14.7. The quantitative estimate of drug-likeness (QED) is 0.306. The van der Waals surface area contributed by atoms with E-state index in [-0.39, 0.29) is 41.6 Å². The molecular formula is C39H54FNO10. The summed E-state index contributed by atoms with van der Waals surface area (Å²) < 4.78 is 47.8. The number of hydrogen-bond acceptors (Lipinski definition) is 10. The minimum atomic E-state index is -0.938. The first-order valence-electron chi connectivity index (χ1n) is 19.5. The molecule has 2 spiro atoms. The van der Waals surface area contributed by atoms with E-state index in [0.29, 0.717) is 30.4 Å². The molecule has 8 heterocycles. The van der Waals surface area contributed by atoms with Gasteiger partial charge in [0.1, 0.15) is 18.0 Å². The van der Waals surface area contributed by atoms with Gasteiger partial charge in [-0.05, 0) is 106 Å². The summed E-state index contributed by atoms with van der Waals surface area (Å²) >= 11 is 0. The lowest BCUT2D eigenvalue weighted by atomic mass is 9.56. The molecule has 11 nitrogen and oxygen atoms in total. The summed E-state index contributed by atoms with van der Waals surface area (Å²) in [6.07, 6.45) is 4.02. The van der Waals surface area contributed by atoms with E-state index in [4.69, 9.17) is 43.2 Å². The van der Waals surface area contributed by atoms with Gasteiger partial charge >= 0.3 is 6.09 Å². The first kappa shape index (κ1) is 34.8. The molecule has 8 saturated heterocycles. The number of fused-ring (bicyclic) bond motifs is 4. The van der Waals surface area contributed by atoms with Crippen LogP contribution in [-0.2, 0) is 43.2 Å². The van der Waals surface area contributed by atoms with Crippen LogP contribution in [0, 0.1) is 53.2 Å². The monoisotopic (exact) mass is 715 g/mol. The maximum Gasteiger partial charge on any atom is 0.411 e. The molecule has 2 aliphatic carbocycles. The summed E-state index contributed by atoms with van der Waals surface area (Å²) in [4.78, 5) is 38.6. The third kappa shape index (κ3) is 5.36. The van der Waals surface area contributed by atoms with Gasteiger partial charge in [0, 0.05) is 36.8 Å². The van der Waals surface area contributed by atoms with Crippen LogP contribution in [0.15, 0.2) is 24.3 Å². The normalized spacial score (nSPS) is 51.7. The van der Waals surface area contributed by atoms with Crippen LogP contribution in [0.1, 0.15) is 99.3 Å². The summed E-state index contributed by atoms with van der Waals surface area (Å²) in [6, 6.07) is 5.78. The van der Waals surface area contributed by atoms with Crippen molar-refractivity contribution >= 4 is 11.8 Å². The Morgan fingerprint density at radius 2 is 1.39 bits per heavy atom. The molecule has 282 valence electrons. The fourth-order valence-electron chi connectivity index (χ4n) is 11.9. The van der Waals surface area contributed by atoms with Crippen molar-refractivity contribution in [1.82, 2.24) is 0 Å². The Hall–Kier alpha value is -1.90. The van der Waals surface area contributed by atoms with Crippen LogP contribution < -0.4 is 5.32 Å². The molecule has 10 aliphatic rings. The van der Waals surface area contributed by atoms with Crippen LogP contribution in [0.2, 0.25) is 0 Å². The van der Waals surface area contributed by atoms with E-state index in [1.165, 1.54) is 12.1 Å². The Bertz CT molecular complexity index is 1520. The molecule has 11 rings (SSSR count). The second-order valence-electron chi connectivity index (χ2n) is 17.6. The van der Waals surface area contributed by atoms with Gasteiger partial charge in [0.05, 0.1) is 6.10 Å². The van der Waals surface area contributed by atoms with Gasteiger partial charge in [-0.2, -0.15) is 0 Å². The average molecular weight is 716 g/mol. The molecule has 10 fully saturated rings.